The van der Waals surface area contributed by atoms with Crippen LogP contribution in [-0.4, -0.2) is 19.4 Å². The van der Waals surface area contributed by atoms with Gasteiger partial charge in [0.25, 0.3) is 5.56 Å². The monoisotopic (exact) mass is 318 g/mol. The number of aromatic amines is 1. The summed E-state index contributed by atoms with van der Waals surface area (Å²) in [5.74, 6) is 0.317. The molecule has 3 aromatic rings. The Balaban J connectivity index is 2.31. The van der Waals surface area contributed by atoms with Crippen molar-refractivity contribution in [2.45, 2.75) is 20.3 Å². The summed E-state index contributed by atoms with van der Waals surface area (Å²) >= 11 is 6.23. The van der Waals surface area contributed by atoms with Crippen LogP contribution in [0.5, 0.6) is 0 Å². The van der Waals surface area contributed by atoms with Gasteiger partial charge in [0.1, 0.15) is 0 Å². The first kappa shape index (κ1) is 14.6. The van der Waals surface area contributed by atoms with Crippen LogP contribution in [0.15, 0.2) is 39.9 Å². The van der Waals surface area contributed by atoms with Crippen molar-refractivity contribution in [2.24, 2.45) is 5.92 Å². The number of aromatic nitrogens is 4. The molecule has 2 heterocycles. The van der Waals surface area contributed by atoms with E-state index in [4.69, 9.17) is 11.6 Å². The van der Waals surface area contributed by atoms with Crippen LogP contribution in [0.25, 0.3) is 11.2 Å². The lowest BCUT2D eigenvalue weighted by Crippen LogP contribution is -2.34. The molecular weight excluding hydrogens is 304 g/mol. The van der Waals surface area contributed by atoms with Crippen molar-refractivity contribution in [1.82, 2.24) is 19.4 Å². The van der Waals surface area contributed by atoms with Gasteiger partial charge in [0.2, 0.25) is 0 Å². The van der Waals surface area contributed by atoms with Crippen molar-refractivity contribution in [3.63, 3.8) is 0 Å². The summed E-state index contributed by atoms with van der Waals surface area (Å²) in [7, 11) is 0. The Kier molecular flexibility index (Phi) is 3.62. The molecule has 0 fully saturated rings. The first-order valence-electron chi connectivity index (χ1n) is 6.97. The smallest absolute Gasteiger partial charge is 0.266 e. The highest BCUT2D eigenvalue weighted by molar-refractivity contribution is 6.34. The standard InChI is InChI=1S/C15H15ClN4O2/c1-9(2)8-11-12(16)13-14(21)18-19(15(22)20(13)17-11)10-6-4-3-5-7-10/h3-7,9H,8H2,1-2H3,(H,18,21). The summed E-state index contributed by atoms with van der Waals surface area (Å²) in [6, 6.07) is 8.85. The van der Waals surface area contributed by atoms with Gasteiger partial charge in [0.05, 0.1) is 16.4 Å². The second-order valence-corrected chi connectivity index (χ2v) is 5.89. The van der Waals surface area contributed by atoms with E-state index in [2.05, 4.69) is 10.2 Å². The summed E-state index contributed by atoms with van der Waals surface area (Å²) in [6.07, 6.45) is 0.602. The van der Waals surface area contributed by atoms with E-state index in [1.807, 2.05) is 19.9 Å². The van der Waals surface area contributed by atoms with Gasteiger partial charge in [-0.05, 0) is 24.5 Å². The van der Waals surface area contributed by atoms with Crippen LogP contribution in [0.4, 0.5) is 0 Å². The van der Waals surface area contributed by atoms with Gasteiger partial charge < -0.3 is 0 Å². The molecule has 7 heteroatoms. The summed E-state index contributed by atoms with van der Waals surface area (Å²) in [4.78, 5) is 24.9. The van der Waals surface area contributed by atoms with Gasteiger partial charge in [-0.25, -0.2) is 9.48 Å². The fourth-order valence-corrected chi connectivity index (χ4v) is 2.63. The molecule has 0 bridgehead atoms. The Hall–Kier alpha value is -2.34. The van der Waals surface area contributed by atoms with E-state index in [0.29, 0.717) is 23.7 Å². The zero-order valence-electron chi connectivity index (χ0n) is 12.2. The SMILES string of the molecule is CC(C)Cc1nn2c(=O)n(-c3ccccc3)[nH]c(=O)c2c1Cl. The maximum absolute atomic E-state index is 12.6. The minimum Gasteiger partial charge on any atom is -0.266 e. The molecule has 6 nitrogen and oxygen atoms in total. The van der Waals surface area contributed by atoms with E-state index in [-0.39, 0.29) is 10.5 Å². The Morgan fingerprint density at radius 2 is 1.91 bits per heavy atom. The maximum Gasteiger partial charge on any atom is 0.368 e. The maximum atomic E-state index is 12.6. The minimum absolute atomic E-state index is 0.0921. The first-order valence-corrected chi connectivity index (χ1v) is 7.34. The molecule has 0 radical (unpaired) electrons. The number of nitrogens with one attached hydrogen (secondary N) is 1. The molecule has 0 aliphatic carbocycles. The third kappa shape index (κ3) is 2.35. The van der Waals surface area contributed by atoms with Crippen molar-refractivity contribution in [1.29, 1.82) is 0 Å². The number of fused-ring (bicyclic) bond motifs is 1. The summed E-state index contributed by atoms with van der Waals surface area (Å²) in [5, 5.41) is 7.02. The molecular formula is C15H15ClN4O2. The number of nitrogens with zero attached hydrogens (tertiary/aromatic N) is 3. The van der Waals surface area contributed by atoms with E-state index in [9.17, 15) is 9.59 Å². The largest absolute Gasteiger partial charge is 0.368 e. The van der Waals surface area contributed by atoms with Gasteiger partial charge >= 0.3 is 5.69 Å². The van der Waals surface area contributed by atoms with E-state index in [0.717, 1.165) is 9.20 Å². The van der Waals surface area contributed by atoms with Crippen molar-refractivity contribution < 1.29 is 0 Å². The molecule has 0 aliphatic heterocycles. The van der Waals surface area contributed by atoms with Gasteiger partial charge in [-0.15, -0.1) is 0 Å². The predicted octanol–water partition coefficient (Wildman–Crippen LogP) is 2.03. The normalized spacial score (nSPS) is 11.5. The quantitative estimate of drug-likeness (QED) is 0.803. The molecule has 1 N–H and O–H groups in total. The second-order valence-electron chi connectivity index (χ2n) is 5.51. The molecule has 0 atom stereocenters. The Morgan fingerprint density at radius 1 is 1.23 bits per heavy atom. The first-order chi connectivity index (χ1) is 10.5. The topological polar surface area (TPSA) is 72.2 Å². The highest BCUT2D eigenvalue weighted by atomic mass is 35.5. The molecule has 0 unspecified atom stereocenters. The van der Waals surface area contributed by atoms with Gasteiger partial charge in [0.15, 0.2) is 5.52 Å². The highest BCUT2D eigenvalue weighted by Crippen LogP contribution is 2.20. The van der Waals surface area contributed by atoms with Crippen LogP contribution < -0.4 is 11.2 Å². The van der Waals surface area contributed by atoms with Crippen LogP contribution in [0.3, 0.4) is 0 Å². The fourth-order valence-electron chi connectivity index (χ4n) is 2.34. The predicted molar refractivity (Wildman–Crippen MR) is 85.0 cm³/mol. The summed E-state index contributed by atoms with van der Waals surface area (Å²) < 4.78 is 2.24. The number of rotatable bonds is 3. The van der Waals surface area contributed by atoms with E-state index in [1.54, 1.807) is 24.3 Å². The van der Waals surface area contributed by atoms with Crippen molar-refractivity contribution in [3.8, 4) is 5.69 Å². The van der Waals surface area contributed by atoms with Crippen LogP contribution >= 0.6 is 11.6 Å². The molecule has 0 saturated carbocycles. The molecule has 1 aromatic carbocycles. The number of H-pyrrole nitrogens is 1. The Labute approximate surface area is 130 Å². The fraction of sp³-hybridized carbons (Fsp3) is 0.267. The lowest BCUT2D eigenvalue weighted by atomic mass is 10.1. The third-order valence-corrected chi connectivity index (χ3v) is 3.71. The van der Waals surface area contributed by atoms with Crippen LogP contribution in [0.2, 0.25) is 5.02 Å². The van der Waals surface area contributed by atoms with Crippen molar-refractivity contribution in [2.75, 3.05) is 0 Å². The average molecular weight is 319 g/mol. The highest BCUT2D eigenvalue weighted by Gasteiger charge is 2.18. The number of hydrogen-bond acceptors (Lipinski definition) is 3. The zero-order chi connectivity index (χ0) is 15.9. The molecule has 0 saturated heterocycles. The molecule has 0 aliphatic rings. The van der Waals surface area contributed by atoms with E-state index in [1.165, 1.54) is 0 Å². The Morgan fingerprint density at radius 3 is 2.55 bits per heavy atom. The van der Waals surface area contributed by atoms with E-state index >= 15 is 0 Å². The third-order valence-electron chi connectivity index (χ3n) is 3.31. The molecule has 114 valence electrons. The number of halogens is 1. The molecule has 3 rings (SSSR count). The van der Waals surface area contributed by atoms with Gasteiger partial charge in [-0.3, -0.25) is 9.89 Å². The zero-order valence-corrected chi connectivity index (χ0v) is 13.0. The van der Waals surface area contributed by atoms with Crippen LogP contribution in [-0.2, 0) is 6.42 Å². The van der Waals surface area contributed by atoms with E-state index < -0.39 is 11.2 Å². The minimum atomic E-state index is -0.460. The number of para-hydroxylation sites is 1. The number of benzene rings is 1. The van der Waals surface area contributed by atoms with Gasteiger partial charge in [-0.1, -0.05) is 43.6 Å². The van der Waals surface area contributed by atoms with Crippen molar-refractivity contribution in [3.05, 3.63) is 61.9 Å². The summed E-state index contributed by atoms with van der Waals surface area (Å²) in [5.41, 5.74) is 0.303. The molecule has 0 spiro atoms. The molecule has 2 aromatic heterocycles. The van der Waals surface area contributed by atoms with Crippen molar-refractivity contribution >= 4 is 17.1 Å². The molecule has 0 amide bonds. The van der Waals surface area contributed by atoms with Gasteiger partial charge in [-0.2, -0.15) is 9.61 Å². The number of hydrogen-bond donors (Lipinski definition) is 1. The second kappa shape index (κ2) is 5.46. The van der Waals surface area contributed by atoms with Gasteiger partial charge in [0, 0.05) is 0 Å². The molecule has 22 heavy (non-hydrogen) atoms. The summed E-state index contributed by atoms with van der Waals surface area (Å²) in [6.45, 7) is 4.04. The van der Waals surface area contributed by atoms with Crippen LogP contribution in [0.1, 0.15) is 19.5 Å². The lowest BCUT2D eigenvalue weighted by Gasteiger charge is -2.04. The lowest BCUT2D eigenvalue weighted by molar-refractivity contribution is 0.623. The average Bonchev–Trinajstić information content (AvgIpc) is 2.81. The van der Waals surface area contributed by atoms with Crippen LogP contribution in [0, 0.1) is 5.92 Å². The Bertz CT molecular complexity index is 938.